The Morgan fingerprint density at radius 3 is 2.79 bits per heavy atom. The summed E-state index contributed by atoms with van der Waals surface area (Å²) in [5.41, 5.74) is 0. The van der Waals surface area contributed by atoms with Crippen molar-refractivity contribution in [2.75, 3.05) is 26.8 Å². The molecule has 0 bridgehead atoms. The van der Waals surface area contributed by atoms with Crippen molar-refractivity contribution in [3.63, 3.8) is 0 Å². The van der Waals surface area contributed by atoms with Crippen molar-refractivity contribution in [1.82, 2.24) is 4.90 Å². The number of ether oxygens (including phenoxy) is 1. The lowest BCUT2D eigenvalue weighted by molar-refractivity contribution is -0.142. The summed E-state index contributed by atoms with van der Waals surface area (Å²) in [6.07, 6.45) is 0. The molecule has 4 heteroatoms. The highest BCUT2D eigenvalue weighted by atomic mass is 16.5. The van der Waals surface area contributed by atoms with E-state index < -0.39 is 5.97 Å². The number of hydrogen-bond acceptors (Lipinski definition) is 3. The molecule has 1 heterocycles. The number of carboxylic acid groups (broad SMARTS) is 1. The van der Waals surface area contributed by atoms with E-state index in [0.29, 0.717) is 11.8 Å². The lowest BCUT2D eigenvalue weighted by atomic mass is 10.00. The van der Waals surface area contributed by atoms with Crippen molar-refractivity contribution in [2.24, 2.45) is 11.8 Å². The fourth-order valence-electron chi connectivity index (χ4n) is 1.98. The zero-order chi connectivity index (χ0) is 10.7. The van der Waals surface area contributed by atoms with Crippen molar-refractivity contribution in [1.29, 1.82) is 0 Å². The molecule has 1 fully saturated rings. The number of aliphatic carboxylic acids is 1. The average Bonchev–Trinajstić information content (AvgIpc) is 2.47. The van der Waals surface area contributed by atoms with Crippen molar-refractivity contribution in [3.05, 3.63) is 0 Å². The fourth-order valence-corrected chi connectivity index (χ4v) is 1.98. The summed E-state index contributed by atoms with van der Waals surface area (Å²) in [7, 11) is 1.69. The van der Waals surface area contributed by atoms with Crippen molar-refractivity contribution in [3.8, 4) is 0 Å². The van der Waals surface area contributed by atoms with Crippen LogP contribution in [0.4, 0.5) is 0 Å². The van der Waals surface area contributed by atoms with Gasteiger partial charge in [-0.1, -0.05) is 6.92 Å². The minimum absolute atomic E-state index is 0.376. The lowest BCUT2D eigenvalue weighted by Gasteiger charge is -2.20. The molecule has 0 aliphatic carbocycles. The maximum Gasteiger partial charge on any atom is 0.320 e. The summed E-state index contributed by atoms with van der Waals surface area (Å²) in [5, 5.41) is 8.87. The number of hydrogen-bond donors (Lipinski definition) is 1. The minimum Gasteiger partial charge on any atom is -0.480 e. The molecule has 4 nitrogen and oxygen atoms in total. The van der Waals surface area contributed by atoms with Crippen LogP contribution in [0.5, 0.6) is 0 Å². The van der Waals surface area contributed by atoms with Crippen LogP contribution in [0, 0.1) is 11.8 Å². The van der Waals surface area contributed by atoms with Crippen LogP contribution in [0.2, 0.25) is 0 Å². The van der Waals surface area contributed by atoms with E-state index in [1.807, 2.05) is 4.90 Å². The first-order chi connectivity index (χ1) is 6.56. The van der Waals surface area contributed by atoms with Crippen LogP contribution in [0.1, 0.15) is 13.8 Å². The number of methoxy groups -OCH3 is 1. The van der Waals surface area contributed by atoms with Crippen molar-refractivity contribution >= 4 is 5.97 Å². The normalized spacial score (nSPS) is 30.5. The Morgan fingerprint density at radius 2 is 2.29 bits per heavy atom. The van der Waals surface area contributed by atoms with Crippen molar-refractivity contribution in [2.45, 2.75) is 19.9 Å². The lowest BCUT2D eigenvalue weighted by Crippen LogP contribution is -2.37. The van der Waals surface area contributed by atoms with Gasteiger partial charge in [0.05, 0.1) is 6.61 Å². The second-order valence-electron chi connectivity index (χ2n) is 4.16. The zero-order valence-electron chi connectivity index (χ0n) is 9.06. The molecule has 0 saturated carbocycles. The number of rotatable bonds is 4. The predicted octanol–water partition coefficient (Wildman–Crippen LogP) is 0.674. The SMILES string of the molecule is COC[C@@H]1CN([C@@H](C)C(=O)O)C[C@@H]1C. The number of carboxylic acids is 1. The van der Waals surface area contributed by atoms with Crippen LogP contribution in [0.15, 0.2) is 0 Å². The monoisotopic (exact) mass is 201 g/mol. The van der Waals surface area contributed by atoms with Gasteiger partial charge in [0, 0.05) is 20.2 Å². The number of nitrogens with zero attached hydrogens (tertiary/aromatic N) is 1. The van der Waals surface area contributed by atoms with Gasteiger partial charge in [-0.2, -0.15) is 0 Å². The first kappa shape index (κ1) is 11.5. The van der Waals surface area contributed by atoms with Crippen LogP contribution in [0.3, 0.4) is 0 Å². The minimum atomic E-state index is -0.740. The van der Waals surface area contributed by atoms with E-state index in [1.165, 1.54) is 0 Å². The molecule has 14 heavy (non-hydrogen) atoms. The summed E-state index contributed by atoms with van der Waals surface area (Å²) in [6.45, 7) is 6.32. The van der Waals surface area contributed by atoms with Crippen LogP contribution in [0.25, 0.3) is 0 Å². The third-order valence-corrected chi connectivity index (χ3v) is 3.08. The van der Waals surface area contributed by atoms with Gasteiger partial charge < -0.3 is 9.84 Å². The van der Waals surface area contributed by atoms with Gasteiger partial charge in [-0.05, 0) is 18.8 Å². The maximum atomic E-state index is 10.8. The number of carbonyl (C=O) groups is 1. The molecule has 1 aliphatic heterocycles. The molecule has 1 rings (SSSR count). The fraction of sp³-hybridized carbons (Fsp3) is 0.900. The molecule has 0 aromatic carbocycles. The largest absolute Gasteiger partial charge is 0.480 e. The molecule has 0 radical (unpaired) electrons. The van der Waals surface area contributed by atoms with Gasteiger partial charge in [0.1, 0.15) is 6.04 Å². The standard InChI is InChI=1S/C10H19NO3/c1-7-4-11(8(2)10(12)13)5-9(7)6-14-3/h7-9H,4-6H2,1-3H3,(H,12,13)/t7-,8-,9-/m0/s1. The Balaban J connectivity index is 2.49. The topological polar surface area (TPSA) is 49.8 Å². The van der Waals surface area contributed by atoms with E-state index in [2.05, 4.69) is 6.92 Å². The highest BCUT2D eigenvalue weighted by Crippen LogP contribution is 2.24. The molecule has 1 aliphatic rings. The summed E-state index contributed by atoms with van der Waals surface area (Å²) in [4.78, 5) is 12.8. The molecule has 0 unspecified atom stereocenters. The van der Waals surface area contributed by atoms with Gasteiger partial charge in [-0.3, -0.25) is 9.69 Å². The Morgan fingerprint density at radius 1 is 1.64 bits per heavy atom. The predicted molar refractivity (Wildman–Crippen MR) is 53.2 cm³/mol. The number of likely N-dealkylation sites (tertiary alicyclic amines) is 1. The van der Waals surface area contributed by atoms with Crippen LogP contribution in [-0.2, 0) is 9.53 Å². The molecular formula is C10H19NO3. The van der Waals surface area contributed by atoms with Gasteiger partial charge in [-0.25, -0.2) is 0 Å². The first-order valence-corrected chi connectivity index (χ1v) is 5.02. The average molecular weight is 201 g/mol. The van der Waals surface area contributed by atoms with Gasteiger partial charge in [0.15, 0.2) is 0 Å². The van der Waals surface area contributed by atoms with Gasteiger partial charge in [0.25, 0.3) is 0 Å². The Kier molecular flexibility index (Phi) is 3.89. The summed E-state index contributed by atoms with van der Waals surface area (Å²) in [6, 6.07) is -0.376. The second kappa shape index (κ2) is 4.75. The van der Waals surface area contributed by atoms with Gasteiger partial charge in [0.2, 0.25) is 0 Å². The smallest absolute Gasteiger partial charge is 0.320 e. The van der Waals surface area contributed by atoms with E-state index in [9.17, 15) is 4.79 Å². The molecule has 82 valence electrons. The van der Waals surface area contributed by atoms with E-state index in [4.69, 9.17) is 9.84 Å². The molecule has 0 spiro atoms. The quantitative estimate of drug-likeness (QED) is 0.726. The third-order valence-electron chi connectivity index (χ3n) is 3.08. The van der Waals surface area contributed by atoms with E-state index in [1.54, 1.807) is 14.0 Å². The maximum absolute atomic E-state index is 10.8. The van der Waals surface area contributed by atoms with Crippen LogP contribution >= 0.6 is 0 Å². The first-order valence-electron chi connectivity index (χ1n) is 5.02. The highest BCUT2D eigenvalue weighted by molar-refractivity contribution is 5.72. The molecule has 3 atom stereocenters. The molecule has 0 aromatic heterocycles. The Bertz CT molecular complexity index is 208. The summed E-state index contributed by atoms with van der Waals surface area (Å²) < 4.78 is 5.11. The highest BCUT2D eigenvalue weighted by Gasteiger charge is 2.34. The van der Waals surface area contributed by atoms with E-state index in [-0.39, 0.29) is 6.04 Å². The van der Waals surface area contributed by atoms with Crippen LogP contribution < -0.4 is 0 Å². The second-order valence-corrected chi connectivity index (χ2v) is 4.16. The third kappa shape index (κ3) is 2.45. The van der Waals surface area contributed by atoms with E-state index >= 15 is 0 Å². The van der Waals surface area contributed by atoms with E-state index in [0.717, 1.165) is 19.7 Å². The van der Waals surface area contributed by atoms with Gasteiger partial charge in [-0.15, -0.1) is 0 Å². The van der Waals surface area contributed by atoms with Crippen molar-refractivity contribution < 1.29 is 14.6 Å². The molecular weight excluding hydrogens is 182 g/mol. The molecule has 1 N–H and O–H groups in total. The van der Waals surface area contributed by atoms with Gasteiger partial charge >= 0.3 is 5.97 Å². The zero-order valence-corrected chi connectivity index (χ0v) is 9.06. The summed E-state index contributed by atoms with van der Waals surface area (Å²) >= 11 is 0. The Labute approximate surface area is 84.8 Å². The molecule has 1 saturated heterocycles. The Hall–Kier alpha value is -0.610. The van der Waals surface area contributed by atoms with Crippen LogP contribution in [-0.4, -0.2) is 48.8 Å². The summed E-state index contributed by atoms with van der Waals surface area (Å²) in [5.74, 6) is 0.258. The molecule has 0 amide bonds. The molecule has 0 aromatic rings.